The quantitative estimate of drug-likeness (QED) is 0.404. The second-order valence-corrected chi connectivity index (χ2v) is 8.43. The number of amides is 1. The molecule has 0 fully saturated rings. The number of aromatic nitrogens is 1. The van der Waals surface area contributed by atoms with Crippen LogP contribution >= 0.6 is 34.5 Å². The number of aryl methyl sites for hydroxylation is 1. The molecule has 4 aromatic rings. The third kappa shape index (κ3) is 2.87. The minimum atomic E-state index is -0.693. The number of anilines is 1. The van der Waals surface area contributed by atoms with Gasteiger partial charge in [0.1, 0.15) is 5.58 Å². The summed E-state index contributed by atoms with van der Waals surface area (Å²) in [6, 6.07) is 11.2. The Kier molecular flexibility index (Phi) is 4.24. The van der Waals surface area contributed by atoms with Crippen LogP contribution in [0.5, 0.6) is 0 Å². The first-order chi connectivity index (χ1) is 13.9. The SMILES string of the molecule is Cc1csc(N2C(=O)c3oc4ccc(Cl)cc4c(=O)c3C2c2cccc(Cl)c2)n1. The van der Waals surface area contributed by atoms with Crippen molar-refractivity contribution in [3.63, 3.8) is 0 Å². The highest BCUT2D eigenvalue weighted by molar-refractivity contribution is 7.14. The Hall–Kier alpha value is -2.67. The monoisotopic (exact) mass is 442 g/mol. The highest BCUT2D eigenvalue weighted by Crippen LogP contribution is 2.42. The van der Waals surface area contributed by atoms with Crippen LogP contribution in [-0.4, -0.2) is 10.9 Å². The molecule has 2 aromatic carbocycles. The van der Waals surface area contributed by atoms with Crippen molar-refractivity contribution in [3.8, 4) is 0 Å². The predicted octanol–water partition coefficient (Wildman–Crippen LogP) is 5.61. The molecule has 0 N–H and O–H groups in total. The van der Waals surface area contributed by atoms with E-state index in [-0.39, 0.29) is 16.8 Å². The Morgan fingerprint density at radius 2 is 1.90 bits per heavy atom. The first-order valence-corrected chi connectivity index (χ1v) is 10.3. The summed E-state index contributed by atoms with van der Waals surface area (Å²) in [7, 11) is 0. The minimum Gasteiger partial charge on any atom is -0.450 e. The smallest absolute Gasteiger partial charge is 0.297 e. The maximum absolute atomic E-state index is 13.4. The fraction of sp³-hybridized carbons (Fsp3) is 0.0952. The number of thiazole rings is 1. The topological polar surface area (TPSA) is 63.4 Å². The van der Waals surface area contributed by atoms with Gasteiger partial charge in [0, 0.05) is 15.4 Å². The van der Waals surface area contributed by atoms with Crippen molar-refractivity contribution in [2.75, 3.05) is 4.90 Å². The predicted molar refractivity (Wildman–Crippen MR) is 114 cm³/mol. The third-order valence-corrected chi connectivity index (χ3v) is 6.24. The van der Waals surface area contributed by atoms with E-state index in [0.717, 1.165) is 5.69 Å². The van der Waals surface area contributed by atoms with Crippen molar-refractivity contribution in [3.05, 3.63) is 90.7 Å². The molecule has 0 bridgehead atoms. The fourth-order valence-corrected chi connectivity index (χ4v) is 4.78. The molecular formula is C21H12Cl2N2O3S. The summed E-state index contributed by atoms with van der Waals surface area (Å²) in [6.45, 7) is 1.85. The van der Waals surface area contributed by atoms with Gasteiger partial charge in [0.05, 0.1) is 22.7 Å². The number of rotatable bonds is 2. The lowest BCUT2D eigenvalue weighted by Crippen LogP contribution is -2.29. The van der Waals surface area contributed by atoms with E-state index in [4.69, 9.17) is 27.6 Å². The molecule has 8 heteroatoms. The number of carbonyl (C=O) groups is 1. The maximum Gasteiger partial charge on any atom is 0.297 e. The molecule has 1 aliphatic rings. The Morgan fingerprint density at radius 1 is 1.10 bits per heavy atom. The fourth-order valence-electron chi connectivity index (χ4n) is 3.59. The van der Waals surface area contributed by atoms with Gasteiger partial charge in [-0.15, -0.1) is 11.3 Å². The largest absolute Gasteiger partial charge is 0.450 e. The zero-order valence-electron chi connectivity index (χ0n) is 15.0. The molecular weight excluding hydrogens is 431 g/mol. The Labute approximate surface area is 179 Å². The summed E-state index contributed by atoms with van der Waals surface area (Å²) in [5.74, 6) is -0.393. The highest BCUT2D eigenvalue weighted by Gasteiger charge is 2.44. The lowest BCUT2D eigenvalue weighted by Gasteiger charge is -2.22. The first kappa shape index (κ1) is 18.4. The van der Waals surface area contributed by atoms with Gasteiger partial charge in [0.15, 0.2) is 10.6 Å². The Balaban J connectivity index is 1.84. The number of carbonyl (C=O) groups excluding carboxylic acids is 1. The van der Waals surface area contributed by atoms with Crippen LogP contribution in [0.25, 0.3) is 11.0 Å². The summed E-state index contributed by atoms with van der Waals surface area (Å²) in [4.78, 5) is 32.7. The first-order valence-electron chi connectivity index (χ1n) is 8.71. The van der Waals surface area contributed by atoms with Crippen LogP contribution in [0, 0.1) is 6.92 Å². The van der Waals surface area contributed by atoms with Gasteiger partial charge in [-0.2, -0.15) is 0 Å². The van der Waals surface area contributed by atoms with Gasteiger partial charge in [-0.05, 0) is 42.8 Å². The van der Waals surface area contributed by atoms with Crippen LogP contribution in [0.3, 0.4) is 0 Å². The molecule has 1 aliphatic heterocycles. The van der Waals surface area contributed by atoms with E-state index >= 15 is 0 Å². The highest BCUT2D eigenvalue weighted by atomic mass is 35.5. The summed E-state index contributed by atoms with van der Waals surface area (Å²) in [5.41, 5.74) is 1.77. The molecule has 0 radical (unpaired) electrons. The minimum absolute atomic E-state index is 0.0163. The third-order valence-electron chi connectivity index (χ3n) is 4.81. The number of benzene rings is 2. The van der Waals surface area contributed by atoms with Crippen molar-refractivity contribution >= 4 is 56.5 Å². The van der Waals surface area contributed by atoms with Gasteiger partial charge in [0.2, 0.25) is 5.76 Å². The molecule has 0 aliphatic carbocycles. The molecule has 0 spiro atoms. The molecule has 0 saturated carbocycles. The van der Waals surface area contributed by atoms with E-state index in [1.165, 1.54) is 16.2 Å². The van der Waals surface area contributed by atoms with Gasteiger partial charge < -0.3 is 4.42 Å². The summed E-state index contributed by atoms with van der Waals surface area (Å²) >= 11 is 13.6. The normalized spacial score (nSPS) is 15.9. The molecule has 5 nitrogen and oxygen atoms in total. The molecule has 1 atom stereocenters. The van der Waals surface area contributed by atoms with Gasteiger partial charge in [-0.1, -0.05) is 35.3 Å². The average Bonchev–Trinajstić information content (AvgIpc) is 3.24. The van der Waals surface area contributed by atoms with Crippen LogP contribution in [0.4, 0.5) is 5.13 Å². The molecule has 0 saturated heterocycles. The van der Waals surface area contributed by atoms with Crippen LogP contribution in [0.2, 0.25) is 10.0 Å². The number of hydrogen-bond donors (Lipinski definition) is 0. The molecule has 1 unspecified atom stereocenters. The standard InChI is InChI=1S/C21H12Cl2N2O3S/c1-10-9-29-21(24-10)25-17(11-3-2-4-12(22)7-11)16-18(26)14-8-13(23)5-6-15(14)28-19(16)20(25)27/h2-9,17H,1H3. The Morgan fingerprint density at radius 3 is 2.62 bits per heavy atom. The van der Waals surface area contributed by atoms with E-state index in [1.807, 2.05) is 18.4 Å². The zero-order valence-corrected chi connectivity index (χ0v) is 17.3. The average molecular weight is 443 g/mol. The lowest BCUT2D eigenvalue weighted by molar-refractivity contribution is 0.0971. The van der Waals surface area contributed by atoms with E-state index < -0.39 is 11.9 Å². The summed E-state index contributed by atoms with van der Waals surface area (Å²) < 4.78 is 5.89. The van der Waals surface area contributed by atoms with Crippen molar-refractivity contribution in [2.24, 2.45) is 0 Å². The van der Waals surface area contributed by atoms with E-state index in [2.05, 4.69) is 4.98 Å². The maximum atomic E-state index is 13.4. The van der Waals surface area contributed by atoms with Gasteiger partial charge in [-0.3, -0.25) is 14.5 Å². The number of halogens is 2. The van der Waals surface area contributed by atoms with E-state index in [9.17, 15) is 9.59 Å². The second-order valence-electron chi connectivity index (χ2n) is 6.72. The number of hydrogen-bond acceptors (Lipinski definition) is 5. The molecule has 5 rings (SSSR count). The summed E-state index contributed by atoms with van der Waals surface area (Å²) in [6.07, 6.45) is 0. The van der Waals surface area contributed by atoms with Gasteiger partial charge >= 0.3 is 0 Å². The van der Waals surface area contributed by atoms with E-state index in [0.29, 0.717) is 31.7 Å². The van der Waals surface area contributed by atoms with Gasteiger partial charge in [0.25, 0.3) is 5.91 Å². The molecule has 2 aromatic heterocycles. The van der Waals surface area contributed by atoms with Crippen molar-refractivity contribution in [1.29, 1.82) is 0 Å². The van der Waals surface area contributed by atoms with Crippen LogP contribution < -0.4 is 10.3 Å². The van der Waals surface area contributed by atoms with Crippen molar-refractivity contribution < 1.29 is 9.21 Å². The Bertz CT molecular complexity index is 1360. The lowest BCUT2D eigenvalue weighted by atomic mass is 9.99. The number of fused-ring (bicyclic) bond motifs is 2. The second kappa shape index (κ2) is 6.69. The summed E-state index contributed by atoms with van der Waals surface area (Å²) in [5, 5.41) is 3.60. The number of nitrogens with zero attached hydrogens (tertiary/aromatic N) is 2. The molecule has 29 heavy (non-hydrogen) atoms. The van der Waals surface area contributed by atoms with Crippen molar-refractivity contribution in [2.45, 2.75) is 13.0 Å². The zero-order chi connectivity index (χ0) is 20.3. The molecule has 3 heterocycles. The van der Waals surface area contributed by atoms with Crippen LogP contribution in [-0.2, 0) is 0 Å². The molecule has 1 amide bonds. The van der Waals surface area contributed by atoms with Crippen molar-refractivity contribution in [1.82, 2.24) is 4.98 Å². The van der Waals surface area contributed by atoms with E-state index in [1.54, 1.807) is 36.4 Å². The van der Waals surface area contributed by atoms with Crippen LogP contribution in [0.1, 0.15) is 33.4 Å². The van der Waals surface area contributed by atoms with Gasteiger partial charge in [-0.25, -0.2) is 4.98 Å². The van der Waals surface area contributed by atoms with Crippen LogP contribution in [0.15, 0.2) is 57.1 Å². The molecule has 144 valence electrons.